The summed E-state index contributed by atoms with van der Waals surface area (Å²) in [6, 6.07) is 13.7. The number of nitrogens with zero attached hydrogens (tertiary/aromatic N) is 4. The summed E-state index contributed by atoms with van der Waals surface area (Å²) in [6.07, 6.45) is 0.341. The number of benzene rings is 2. The van der Waals surface area contributed by atoms with Gasteiger partial charge in [0.1, 0.15) is 5.75 Å². The van der Waals surface area contributed by atoms with E-state index in [1.165, 1.54) is 0 Å². The lowest BCUT2D eigenvalue weighted by Gasteiger charge is -2.19. The lowest BCUT2D eigenvalue weighted by atomic mass is 10.1. The number of methoxy groups -OCH3 is 1. The quantitative estimate of drug-likeness (QED) is 0.660. The van der Waals surface area contributed by atoms with E-state index in [1.807, 2.05) is 68.4 Å². The minimum Gasteiger partial charge on any atom is -0.495 e. The van der Waals surface area contributed by atoms with Gasteiger partial charge in [-0.1, -0.05) is 17.3 Å². The molecule has 1 fully saturated rings. The standard InChI is InChI=1S/C22H24N4O3/c1-14-8-9-19(28-4)18(10-14)26-13-16(12-20(26)27)21-23-22(29-24-21)15-6-5-7-17(11-15)25(2)3/h5-11,16H,12-13H2,1-4H3. The van der Waals surface area contributed by atoms with Gasteiger partial charge in [-0.15, -0.1) is 0 Å². The second kappa shape index (κ2) is 7.58. The van der Waals surface area contributed by atoms with E-state index >= 15 is 0 Å². The smallest absolute Gasteiger partial charge is 0.258 e. The second-order valence-electron chi connectivity index (χ2n) is 7.48. The summed E-state index contributed by atoms with van der Waals surface area (Å²) in [5, 5.41) is 4.16. The van der Waals surface area contributed by atoms with Crippen molar-refractivity contribution in [3.05, 3.63) is 53.9 Å². The van der Waals surface area contributed by atoms with Crippen LogP contribution < -0.4 is 14.5 Å². The summed E-state index contributed by atoms with van der Waals surface area (Å²) < 4.78 is 11.0. The minimum absolute atomic E-state index is 0.0276. The lowest BCUT2D eigenvalue weighted by molar-refractivity contribution is -0.117. The van der Waals surface area contributed by atoms with Crippen molar-refractivity contribution in [1.29, 1.82) is 0 Å². The largest absolute Gasteiger partial charge is 0.495 e. The molecule has 1 atom stereocenters. The highest BCUT2D eigenvalue weighted by molar-refractivity contribution is 5.97. The maximum atomic E-state index is 12.7. The number of aromatic nitrogens is 2. The van der Waals surface area contributed by atoms with Crippen molar-refractivity contribution >= 4 is 17.3 Å². The molecule has 1 saturated heterocycles. The number of hydrogen-bond donors (Lipinski definition) is 0. The molecule has 1 aromatic heterocycles. The Kier molecular flexibility index (Phi) is 4.96. The first-order chi connectivity index (χ1) is 14.0. The number of amides is 1. The molecule has 150 valence electrons. The van der Waals surface area contributed by atoms with Crippen LogP contribution in [-0.2, 0) is 4.79 Å². The Bertz CT molecular complexity index is 1040. The number of carbonyl (C=O) groups excluding carboxylic acids is 1. The van der Waals surface area contributed by atoms with Crippen LogP contribution in [-0.4, -0.2) is 43.8 Å². The Morgan fingerprint density at radius 2 is 2.03 bits per heavy atom. The fourth-order valence-electron chi connectivity index (χ4n) is 3.56. The zero-order chi connectivity index (χ0) is 20.5. The highest BCUT2D eigenvalue weighted by atomic mass is 16.5. The second-order valence-corrected chi connectivity index (χ2v) is 7.48. The van der Waals surface area contributed by atoms with Crippen molar-refractivity contribution in [3.63, 3.8) is 0 Å². The number of aryl methyl sites for hydroxylation is 1. The first-order valence-electron chi connectivity index (χ1n) is 9.52. The molecule has 29 heavy (non-hydrogen) atoms. The molecule has 0 N–H and O–H groups in total. The Labute approximate surface area is 169 Å². The molecule has 0 spiro atoms. The van der Waals surface area contributed by atoms with Gasteiger partial charge >= 0.3 is 0 Å². The van der Waals surface area contributed by atoms with Gasteiger partial charge in [0.05, 0.1) is 12.8 Å². The zero-order valence-corrected chi connectivity index (χ0v) is 17.0. The molecule has 3 aromatic rings. The Balaban J connectivity index is 1.58. The van der Waals surface area contributed by atoms with Crippen LogP contribution in [0.15, 0.2) is 47.0 Å². The molecule has 7 nitrogen and oxygen atoms in total. The predicted octanol–water partition coefficient (Wildman–Crippen LogP) is 3.64. The van der Waals surface area contributed by atoms with Gasteiger partial charge in [-0.25, -0.2) is 0 Å². The van der Waals surface area contributed by atoms with Gasteiger partial charge < -0.3 is 19.1 Å². The van der Waals surface area contributed by atoms with Crippen LogP contribution >= 0.6 is 0 Å². The highest BCUT2D eigenvalue weighted by Gasteiger charge is 2.36. The molecule has 1 unspecified atom stereocenters. The fourth-order valence-corrected chi connectivity index (χ4v) is 3.56. The van der Waals surface area contributed by atoms with E-state index in [4.69, 9.17) is 9.26 Å². The normalized spacial score (nSPS) is 16.3. The molecule has 0 radical (unpaired) electrons. The number of anilines is 2. The van der Waals surface area contributed by atoms with Crippen LogP contribution in [0.3, 0.4) is 0 Å². The molecule has 1 aliphatic rings. The summed E-state index contributed by atoms with van der Waals surface area (Å²) >= 11 is 0. The third-order valence-corrected chi connectivity index (χ3v) is 5.17. The number of carbonyl (C=O) groups is 1. The van der Waals surface area contributed by atoms with Gasteiger partial charge in [0.2, 0.25) is 5.91 Å². The summed E-state index contributed by atoms with van der Waals surface area (Å²) in [5.74, 6) is 1.60. The predicted molar refractivity (Wildman–Crippen MR) is 112 cm³/mol. The molecule has 0 saturated carbocycles. The van der Waals surface area contributed by atoms with E-state index in [2.05, 4.69) is 10.1 Å². The third-order valence-electron chi connectivity index (χ3n) is 5.17. The molecule has 1 amide bonds. The van der Waals surface area contributed by atoms with Crippen molar-refractivity contribution in [2.24, 2.45) is 0 Å². The fraction of sp³-hybridized carbons (Fsp3) is 0.318. The molecular weight excluding hydrogens is 368 g/mol. The topological polar surface area (TPSA) is 71.7 Å². The highest BCUT2D eigenvalue weighted by Crippen LogP contribution is 2.37. The molecular formula is C22H24N4O3. The number of hydrogen-bond acceptors (Lipinski definition) is 6. The van der Waals surface area contributed by atoms with E-state index in [-0.39, 0.29) is 11.8 Å². The van der Waals surface area contributed by atoms with E-state index < -0.39 is 0 Å². The van der Waals surface area contributed by atoms with Crippen LogP contribution in [0.4, 0.5) is 11.4 Å². The van der Waals surface area contributed by atoms with E-state index in [0.29, 0.717) is 30.4 Å². The summed E-state index contributed by atoms with van der Waals surface area (Å²) in [4.78, 5) is 21.1. The van der Waals surface area contributed by atoms with Gasteiger partial charge in [-0.2, -0.15) is 4.98 Å². The minimum atomic E-state index is -0.123. The van der Waals surface area contributed by atoms with Crippen molar-refractivity contribution in [2.75, 3.05) is 37.5 Å². The van der Waals surface area contributed by atoms with E-state index in [0.717, 1.165) is 22.5 Å². The Morgan fingerprint density at radius 3 is 2.79 bits per heavy atom. The monoisotopic (exact) mass is 392 g/mol. The van der Waals surface area contributed by atoms with Crippen LogP contribution in [0.25, 0.3) is 11.5 Å². The van der Waals surface area contributed by atoms with Gasteiger partial charge in [0.15, 0.2) is 5.82 Å². The van der Waals surface area contributed by atoms with Gasteiger partial charge in [0.25, 0.3) is 5.89 Å². The van der Waals surface area contributed by atoms with Crippen LogP contribution in [0, 0.1) is 6.92 Å². The molecule has 2 heterocycles. The molecule has 4 rings (SSSR count). The van der Waals surface area contributed by atoms with E-state index in [9.17, 15) is 4.79 Å². The van der Waals surface area contributed by atoms with Gasteiger partial charge in [-0.3, -0.25) is 4.79 Å². The number of ether oxygens (including phenoxy) is 1. The molecule has 1 aliphatic heterocycles. The SMILES string of the molecule is COc1ccc(C)cc1N1CC(c2noc(-c3cccc(N(C)C)c3)n2)CC1=O. The van der Waals surface area contributed by atoms with Gasteiger partial charge in [0, 0.05) is 44.2 Å². The van der Waals surface area contributed by atoms with Crippen molar-refractivity contribution in [1.82, 2.24) is 10.1 Å². The summed E-state index contributed by atoms with van der Waals surface area (Å²) in [6.45, 7) is 2.49. The molecule has 0 aliphatic carbocycles. The van der Waals surface area contributed by atoms with Crippen molar-refractivity contribution in [3.8, 4) is 17.2 Å². The maximum Gasteiger partial charge on any atom is 0.258 e. The number of rotatable bonds is 5. The van der Waals surface area contributed by atoms with Crippen LogP contribution in [0.5, 0.6) is 5.75 Å². The first-order valence-corrected chi connectivity index (χ1v) is 9.52. The average molecular weight is 392 g/mol. The Hall–Kier alpha value is -3.35. The van der Waals surface area contributed by atoms with E-state index in [1.54, 1.807) is 12.0 Å². The molecule has 0 bridgehead atoms. The zero-order valence-electron chi connectivity index (χ0n) is 17.0. The van der Waals surface area contributed by atoms with Gasteiger partial charge in [-0.05, 0) is 42.8 Å². The molecule has 7 heteroatoms. The third kappa shape index (κ3) is 3.68. The lowest BCUT2D eigenvalue weighted by Crippen LogP contribution is -2.25. The maximum absolute atomic E-state index is 12.7. The van der Waals surface area contributed by atoms with Crippen molar-refractivity contribution in [2.45, 2.75) is 19.3 Å². The van der Waals surface area contributed by atoms with Crippen molar-refractivity contribution < 1.29 is 14.1 Å². The first kappa shape index (κ1) is 19.0. The Morgan fingerprint density at radius 1 is 1.21 bits per heavy atom. The van der Waals surface area contributed by atoms with Crippen LogP contribution in [0.2, 0.25) is 0 Å². The summed E-state index contributed by atoms with van der Waals surface area (Å²) in [5.41, 5.74) is 3.76. The average Bonchev–Trinajstić information content (AvgIpc) is 3.35. The van der Waals surface area contributed by atoms with Crippen LogP contribution in [0.1, 0.15) is 23.7 Å². The molecule has 2 aromatic carbocycles. The summed E-state index contributed by atoms with van der Waals surface area (Å²) in [7, 11) is 5.58.